The summed E-state index contributed by atoms with van der Waals surface area (Å²) in [4.78, 5) is 27.2. The number of nitrogens with zero attached hydrogens (tertiary/aromatic N) is 5. The highest BCUT2D eigenvalue weighted by atomic mass is 16.5. The van der Waals surface area contributed by atoms with Crippen molar-refractivity contribution >= 4 is 16.9 Å². The predicted molar refractivity (Wildman–Crippen MR) is 132 cm³/mol. The van der Waals surface area contributed by atoms with Crippen LogP contribution in [0.25, 0.3) is 16.9 Å². The summed E-state index contributed by atoms with van der Waals surface area (Å²) >= 11 is 0. The van der Waals surface area contributed by atoms with Crippen molar-refractivity contribution in [3.63, 3.8) is 0 Å². The number of pyridine rings is 3. The number of rotatable bonds is 7. The molecule has 0 radical (unpaired) electrons. The molecule has 2 aliphatic carbocycles. The van der Waals surface area contributed by atoms with E-state index in [-0.39, 0.29) is 12.0 Å². The van der Waals surface area contributed by atoms with Crippen LogP contribution in [0, 0.1) is 6.92 Å². The zero-order chi connectivity index (χ0) is 23.8. The first-order valence-electron chi connectivity index (χ1n) is 12.4. The molecule has 0 unspecified atom stereocenters. The second-order valence-electron chi connectivity index (χ2n) is 9.46. The molecule has 4 heterocycles. The molecule has 0 spiro atoms. The third-order valence-electron chi connectivity index (χ3n) is 6.78. The second kappa shape index (κ2) is 9.09. The van der Waals surface area contributed by atoms with Crippen LogP contribution >= 0.6 is 0 Å². The van der Waals surface area contributed by atoms with E-state index >= 15 is 0 Å². The van der Waals surface area contributed by atoms with Crippen molar-refractivity contribution < 1.29 is 9.53 Å². The summed E-state index contributed by atoms with van der Waals surface area (Å²) in [5, 5.41) is 8.54. The topological polar surface area (TPSA) is 94.8 Å². The maximum atomic E-state index is 13.5. The van der Waals surface area contributed by atoms with Gasteiger partial charge in [-0.1, -0.05) is 6.07 Å². The van der Waals surface area contributed by atoms with E-state index in [1.54, 1.807) is 17.1 Å². The molecule has 8 nitrogen and oxygen atoms in total. The SMILES string of the molecule is Cc1nn(-c2ccccn2)c2nc(C3CC3)cc(C(=O)NCc3ccnc(OC4CCCC4)c3)c12. The summed E-state index contributed by atoms with van der Waals surface area (Å²) in [6.45, 7) is 2.30. The van der Waals surface area contributed by atoms with E-state index < -0.39 is 0 Å². The van der Waals surface area contributed by atoms with Crippen molar-refractivity contribution in [1.29, 1.82) is 0 Å². The summed E-state index contributed by atoms with van der Waals surface area (Å²) in [5.41, 5.74) is 3.92. The fourth-order valence-electron chi connectivity index (χ4n) is 4.79. The van der Waals surface area contributed by atoms with E-state index in [0.29, 0.717) is 35.4 Å². The molecule has 6 rings (SSSR count). The Bertz CT molecular complexity index is 1370. The van der Waals surface area contributed by atoms with Gasteiger partial charge in [-0.05, 0) is 75.3 Å². The molecule has 35 heavy (non-hydrogen) atoms. The number of carbonyl (C=O) groups is 1. The van der Waals surface area contributed by atoms with Crippen molar-refractivity contribution in [1.82, 2.24) is 30.0 Å². The number of fused-ring (bicyclic) bond motifs is 1. The lowest BCUT2D eigenvalue weighted by Crippen LogP contribution is -2.23. The number of amides is 1. The third kappa shape index (κ3) is 4.48. The summed E-state index contributed by atoms with van der Waals surface area (Å²) < 4.78 is 7.76. The number of hydrogen-bond donors (Lipinski definition) is 1. The van der Waals surface area contributed by atoms with Gasteiger partial charge in [0.25, 0.3) is 5.91 Å². The zero-order valence-corrected chi connectivity index (χ0v) is 19.8. The maximum absolute atomic E-state index is 13.5. The van der Waals surface area contributed by atoms with Gasteiger partial charge in [-0.2, -0.15) is 9.78 Å². The predicted octanol–water partition coefficient (Wildman–Crippen LogP) is 4.65. The number of carbonyl (C=O) groups excluding carboxylic acids is 1. The minimum Gasteiger partial charge on any atom is -0.474 e. The van der Waals surface area contributed by atoms with Crippen molar-refractivity contribution in [3.05, 3.63) is 71.3 Å². The first kappa shape index (κ1) is 21.7. The van der Waals surface area contributed by atoms with E-state index in [1.165, 1.54) is 12.8 Å². The average molecular weight is 469 g/mol. The fourth-order valence-corrected chi connectivity index (χ4v) is 4.79. The maximum Gasteiger partial charge on any atom is 0.252 e. The molecule has 0 bridgehead atoms. The van der Waals surface area contributed by atoms with Crippen molar-refractivity contribution in [3.8, 4) is 11.7 Å². The van der Waals surface area contributed by atoms with Crippen molar-refractivity contribution in [2.45, 2.75) is 64.0 Å². The lowest BCUT2D eigenvalue weighted by molar-refractivity contribution is 0.0952. The molecule has 4 aromatic heterocycles. The largest absolute Gasteiger partial charge is 0.474 e. The molecule has 2 saturated carbocycles. The van der Waals surface area contributed by atoms with Crippen LogP contribution < -0.4 is 10.1 Å². The van der Waals surface area contributed by atoms with Gasteiger partial charge in [0.2, 0.25) is 5.88 Å². The molecule has 1 N–H and O–H groups in total. The first-order chi connectivity index (χ1) is 17.2. The highest BCUT2D eigenvalue weighted by Gasteiger charge is 2.29. The quantitative estimate of drug-likeness (QED) is 0.424. The number of ether oxygens (including phenoxy) is 1. The smallest absolute Gasteiger partial charge is 0.252 e. The number of aromatic nitrogens is 5. The van der Waals surface area contributed by atoms with Gasteiger partial charge >= 0.3 is 0 Å². The van der Waals surface area contributed by atoms with E-state index in [4.69, 9.17) is 9.72 Å². The molecular formula is C27H28N6O2. The van der Waals surface area contributed by atoms with Gasteiger partial charge in [-0.3, -0.25) is 4.79 Å². The van der Waals surface area contributed by atoms with Crippen LogP contribution in [0.5, 0.6) is 5.88 Å². The van der Waals surface area contributed by atoms with Crippen LogP contribution in [0.2, 0.25) is 0 Å². The Morgan fingerprint density at radius 1 is 1.09 bits per heavy atom. The minimum atomic E-state index is -0.141. The van der Waals surface area contributed by atoms with Gasteiger partial charge in [0.15, 0.2) is 11.5 Å². The van der Waals surface area contributed by atoms with Crippen molar-refractivity contribution in [2.75, 3.05) is 0 Å². The number of aryl methyl sites for hydroxylation is 1. The van der Waals surface area contributed by atoms with Gasteiger partial charge in [0, 0.05) is 36.6 Å². The second-order valence-corrected chi connectivity index (χ2v) is 9.46. The highest BCUT2D eigenvalue weighted by Crippen LogP contribution is 2.40. The van der Waals surface area contributed by atoms with Crippen LogP contribution in [-0.4, -0.2) is 36.7 Å². The van der Waals surface area contributed by atoms with E-state index in [0.717, 1.165) is 48.0 Å². The van der Waals surface area contributed by atoms with Crippen LogP contribution in [0.4, 0.5) is 0 Å². The van der Waals surface area contributed by atoms with Crippen LogP contribution in [0.3, 0.4) is 0 Å². The molecule has 0 saturated heterocycles. The molecule has 8 heteroatoms. The van der Waals surface area contributed by atoms with Crippen molar-refractivity contribution in [2.24, 2.45) is 0 Å². The molecule has 2 fully saturated rings. The minimum absolute atomic E-state index is 0.141. The summed E-state index contributed by atoms with van der Waals surface area (Å²) in [6.07, 6.45) is 10.5. The molecule has 0 aliphatic heterocycles. The monoisotopic (exact) mass is 468 g/mol. The molecule has 4 aromatic rings. The molecular weight excluding hydrogens is 440 g/mol. The average Bonchev–Trinajstić information content (AvgIpc) is 3.52. The van der Waals surface area contributed by atoms with E-state index in [1.807, 2.05) is 43.3 Å². The Morgan fingerprint density at radius 3 is 2.71 bits per heavy atom. The lowest BCUT2D eigenvalue weighted by Gasteiger charge is -2.13. The molecule has 178 valence electrons. The Kier molecular flexibility index (Phi) is 5.64. The first-order valence-corrected chi connectivity index (χ1v) is 12.4. The summed E-state index contributed by atoms with van der Waals surface area (Å²) in [6, 6.07) is 11.4. The number of nitrogens with one attached hydrogen (secondary N) is 1. The Balaban J connectivity index is 1.28. The van der Waals surface area contributed by atoms with Crippen LogP contribution in [0.15, 0.2) is 48.8 Å². The zero-order valence-electron chi connectivity index (χ0n) is 19.8. The van der Waals surface area contributed by atoms with E-state index in [9.17, 15) is 4.79 Å². The summed E-state index contributed by atoms with van der Waals surface area (Å²) in [5.74, 6) is 1.56. The highest BCUT2D eigenvalue weighted by molar-refractivity contribution is 6.06. The third-order valence-corrected chi connectivity index (χ3v) is 6.78. The van der Waals surface area contributed by atoms with Crippen LogP contribution in [-0.2, 0) is 6.54 Å². The Morgan fingerprint density at radius 2 is 1.94 bits per heavy atom. The molecule has 0 aromatic carbocycles. The normalized spacial score (nSPS) is 16.0. The van der Waals surface area contributed by atoms with Gasteiger partial charge in [0.05, 0.1) is 16.6 Å². The van der Waals surface area contributed by atoms with E-state index in [2.05, 4.69) is 20.4 Å². The molecule has 0 atom stereocenters. The van der Waals surface area contributed by atoms with Gasteiger partial charge in [0.1, 0.15) is 6.10 Å². The molecule has 1 amide bonds. The number of hydrogen-bond acceptors (Lipinski definition) is 6. The standard InChI is InChI=1S/C27H28N6O2/c1-17-25-21(27(34)30-16-18-11-13-29-24(14-18)35-20-6-2-3-7-20)15-22(19-9-10-19)31-26(25)33(32-17)23-8-4-5-12-28-23/h4-5,8,11-15,19-20H,2-3,6-7,9-10,16H2,1H3,(H,30,34). The van der Waals surface area contributed by atoms with Gasteiger partial charge < -0.3 is 10.1 Å². The van der Waals surface area contributed by atoms with Gasteiger partial charge in [-0.25, -0.2) is 15.0 Å². The van der Waals surface area contributed by atoms with Gasteiger partial charge in [-0.15, -0.1) is 0 Å². The summed E-state index contributed by atoms with van der Waals surface area (Å²) in [7, 11) is 0. The fraction of sp³-hybridized carbons (Fsp3) is 0.370. The Hall–Kier alpha value is -3.81. The Labute approximate surface area is 203 Å². The van der Waals surface area contributed by atoms with Crippen LogP contribution in [0.1, 0.15) is 71.8 Å². The lowest BCUT2D eigenvalue weighted by atomic mass is 10.1. The molecule has 2 aliphatic rings.